The van der Waals surface area contributed by atoms with Gasteiger partial charge in [0.15, 0.2) is 0 Å². The molecule has 0 aromatic heterocycles. The van der Waals surface area contributed by atoms with Gasteiger partial charge in [-0.15, -0.1) is 0 Å². The van der Waals surface area contributed by atoms with E-state index in [0.29, 0.717) is 6.54 Å². The molecule has 1 heterocycles. The molecule has 72 valence electrons. The van der Waals surface area contributed by atoms with E-state index >= 15 is 0 Å². The van der Waals surface area contributed by atoms with E-state index < -0.39 is 0 Å². The molecular formula is C12H14N2. The first-order valence-corrected chi connectivity index (χ1v) is 4.90. The van der Waals surface area contributed by atoms with Crippen molar-refractivity contribution in [3.63, 3.8) is 0 Å². The Morgan fingerprint density at radius 2 is 2.14 bits per heavy atom. The zero-order chi connectivity index (χ0) is 9.80. The van der Waals surface area contributed by atoms with Crippen molar-refractivity contribution in [1.29, 1.82) is 0 Å². The van der Waals surface area contributed by atoms with Crippen LogP contribution < -0.4 is 5.73 Å². The number of aliphatic imine (C=N–C) groups is 1. The Morgan fingerprint density at radius 1 is 1.29 bits per heavy atom. The second-order valence-corrected chi connectivity index (χ2v) is 3.43. The Morgan fingerprint density at radius 3 is 3.00 bits per heavy atom. The van der Waals surface area contributed by atoms with Gasteiger partial charge in [-0.2, -0.15) is 0 Å². The van der Waals surface area contributed by atoms with Crippen LogP contribution in [0.2, 0.25) is 0 Å². The van der Waals surface area contributed by atoms with Crippen molar-refractivity contribution in [2.75, 3.05) is 6.54 Å². The predicted molar refractivity (Wildman–Crippen MR) is 60.3 cm³/mol. The summed E-state index contributed by atoms with van der Waals surface area (Å²) in [5, 5.41) is 0. The van der Waals surface area contributed by atoms with E-state index in [1.54, 1.807) is 0 Å². The number of fused-ring (bicyclic) bond motifs is 1. The monoisotopic (exact) mass is 186 g/mol. The highest BCUT2D eigenvalue weighted by molar-refractivity contribution is 5.89. The van der Waals surface area contributed by atoms with Crippen LogP contribution in [0.5, 0.6) is 0 Å². The smallest absolute Gasteiger partial charge is 0.0273 e. The molecule has 2 heteroatoms. The zero-order valence-electron chi connectivity index (χ0n) is 8.11. The Balaban J connectivity index is 2.28. The number of hydrogen-bond acceptors (Lipinski definition) is 2. The van der Waals surface area contributed by atoms with E-state index in [9.17, 15) is 0 Å². The summed E-state index contributed by atoms with van der Waals surface area (Å²) in [5.74, 6) is 0. The van der Waals surface area contributed by atoms with Crippen LogP contribution in [-0.4, -0.2) is 12.3 Å². The van der Waals surface area contributed by atoms with Gasteiger partial charge < -0.3 is 5.73 Å². The van der Waals surface area contributed by atoms with Crippen LogP contribution in [0.4, 0.5) is 0 Å². The molecule has 0 radical (unpaired) electrons. The average Bonchev–Trinajstić information content (AvgIpc) is 2.40. The van der Waals surface area contributed by atoms with E-state index in [4.69, 9.17) is 5.73 Å². The summed E-state index contributed by atoms with van der Waals surface area (Å²) in [7, 11) is 0. The van der Waals surface area contributed by atoms with Crippen molar-refractivity contribution in [1.82, 2.24) is 0 Å². The molecule has 2 N–H and O–H groups in total. The van der Waals surface area contributed by atoms with Gasteiger partial charge in [0.1, 0.15) is 0 Å². The lowest BCUT2D eigenvalue weighted by Gasteiger charge is -2.04. The van der Waals surface area contributed by atoms with Crippen molar-refractivity contribution in [2.24, 2.45) is 10.7 Å². The minimum atomic E-state index is 0.675. The van der Waals surface area contributed by atoms with Crippen molar-refractivity contribution < 1.29 is 0 Å². The molecule has 1 aromatic carbocycles. The van der Waals surface area contributed by atoms with Gasteiger partial charge in [0.25, 0.3) is 0 Å². The van der Waals surface area contributed by atoms with E-state index in [1.807, 2.05) is 6.20 Å². The van der Waals surface area contributed by atoms with Gasteiger partial charge in [-0.3, -0.25) is 4.99 Å². The fraction of sp³-hybridized carbons (Fsp3) is 0.250. The van der Waals surface area contributed by atoms with Crippen LogP contribution in [0.25, 0.3) is 6.08 Å². The Labute approximate surface area is 84.2 Å². The summed E-state index contributed by atoms with van der Waals surface area (Å²) in [6.45, 7) is 0.675. The number of benzene rings is 1. The maximum atomic E-state index is 5.53. The van der Waals surface area contributed by atoms with E-state index in [0.717, 1.165) is 12.8 Å². The highest BCUT2D eigenvalue weighted by Gasteiger charge is 2.06. The van der Waals surface area contributed by atoms with Crippen LogP contribution in [0.1, 0.15) is 17.5 Å². The van der Waals surface area contributed by atoms with E-state index in [1.165, 1.54) is 16.8 Å². The summed E-state index contributed by atoms with van der Waals surface area (Å²) >= 11 is 0. The molecule has 2 rings (SSSR count). The maximum absolute atomic E-state index is 5.53. The lowest BCUT2D eigenvalue weighted by Crippen LogP contribution is -2.10. The van der Waals surface area contributed by atoms with Crippen LogP contribution in [0.3, 0.4) is 0 Å². The third-order valence-electron chi connectivity index (χ3n) is 2.39. The van der Waals surface area contributed by atoms with E-state index in [2.05, 4.69) is 35.3 Å². The number of rotatable bonds is 2. The Bertz CT molecular complexity index is 378. The van der Waals surface area contributed by atoms with Crippen LogP contribution in [0, 0.1) is 0 Å². The molecule has 0 aliphatic carbocycles. The molecule has 0 unspecified atom stereocenters. The first-order chi connectivity index (χ1) is 6.90. The molecule has 1 aromatic rings. The third kappa shape index (κ3) is 1.91. The van der Waals surface area contributed by atoms with Gasteiger partial charge in [-0.1, -0.05) is 24.3 Å². The predicted octanol–water partition coefficient (Wildman–Crippen LogP) is 2.00. The molecule has 0 fully saturated rings. The largest absolute Gasteiger partial charge is 0.330 e. The summed E-state index contributed by atoms with van der Waals surface area (Å²) < 4.78 is 0. The number of hydrogen-bond donors (Lipinski definition) is 1. The minimum Gasteiger partial charge on any atom is -0.330 e. The SMILES string of the molecule is NCCC1=NC=Cc2ccccc2C1. The Kier molecular flexibility index (Phi) is 2.75. The maximum Gasteiger partial charge on any atom is 0.0273 e. The first-order valence-electron chi connectivity index (χ1n) is 4.90. The molecule has 0 atom stereocenters. The van der Waals surface area contributed by atoms with E-state index in [-0.39, 0.29) is 0 Å². The van der Waals surface area contributed by atoms with Crippen molar-refractivity contribution in [3.05, 3.63) is 41.6 Å². The lowest BCUT2D eigenvalue weighted by molar-refractivity contribution is 1.02. The van der Waals surface area contributed by atoms with Gasteiger partial charge in [0.05, 0.1) is 0 Å². The summed E-state index contributed by atoms with van der Waals surface area (Å²) in [5.41, 5.74) is 9.31. The highest BCUT2D eigenvalue weighted by Crippen LogP contribution is 2.15. The third-order valence-corrected chi connectivity index (χ3v) is 2.39. The molecule has 0 saturated heterocycles. The standard InChI is InChI=1S/C12H14N2/c13-7-5-12-9-11-4-2-1-3-10(11)6-8-14-12/h1-4,6,8H,5,7,9,13H2. The van der Waals surface area contributed by atoms with Crippen molar-refractivity contribution >= 4 is 11.8 Å². The average molecular weight is 186 g/mol. The lowest BCUT2D eigenvalue weighted by atomic mass is 10.0. The second kappa shape index (κ2) is 4.20. The normalized spacial score (nSPS) is 14.5. The Hall–Kier alpha value is -1.41. The van der Waals surface area contributed by atoms with Gasteiger partial charge in [-0.05, 0) is 30.2 Å². The summed E-state index contributed by atoms with van der Waals surface area (Å²) in [6, 6.07) is 8.39. The molecular weight excluding hydrogens is 172 g/mol. The zero-order valence-corrected chi connectivity index (χ0v) is 8.11. The molecule has 0 spiro atoms. The van der Waals surface area contributed by atoms with Gasteiger partial charge in [0.2, 0.25) is 0 Å². The van der Waals surface area contributed by atoms with Gasteiger partial charge >= 0.3 is 0 Å². The molecule has 0 amide bonds. The second-order valence-electron chi connectivity index (χ2n) is 3.43. The molecule has 2 nitrogen and oxygen atoms in total. The van der Waals surface area contributed by atoms with Crippen molar-refractivity contribution in [2.45, 2.75) is 12.8 Å². The fourth-order valence-electron chi connectivity index (χ4n) is 1.67. The molecule has 1 aliphatic heterocycles. The topological polar surface area (TPSA) is 38.4 Å². The van der Waals surface area contributed by atoms with Crippen LogP contribution in [-0.2, 0) is 6.42 Å². The molecule has 0 saturated carbocycles. The summed E-state index contributed by atoms with van der Waals surface area (Å²) in [4.78, 5) is 4.38. The van der Waals surface area contributed by atoms with Crippen molar-refractivity contribution in [3.8, 4) is 0 Å². The quantitative estimate of drug-likeness (QED) is 0.753. The van der Waals surface area contributed by atoms with Gasteiger partial charge in [0, 0.05) is 18.3 Å². The highest BCUT2D eigenvalue weighted by atomic mass is 14.7. The number of nitrogens with two attached hydrogens (primary N) is 1. The van der Waals surface area contributed by atoms with Gasteiger partial charge in [-0.25, -0.2) is 0 Å². The molecule has 14 heavy (non-hydrogen) atoms. The van der Waals surface area contributed by atoms with Crippen LogP contribution in [0.15, 0.2) is 35.5 Å². The summed E-state index contributed by atoms with van der Waals surface area (Å²) in [6.07, 6.45) is 5.74. The first kappa shape index (κ1) is 9.16. The molecule has 0 bridgehead atoms. The fourth-order valence-corrected chi connectivity index (χ4v) is 1.67. The molecule has 1 aliphatic rings. The minimum absolute atomic E-state index is 0.675. The number of nitrogens with zero attached hydrogens (tertiary/aromatic N) is 1. The van der Waals surface area contributed by atoms with Crippen LogP contribution >= 0.6 is 0 Å².